The lowest BCUT2D eigenvalue weighted by atomic mass is 10.0. The molecule has 1 aromatic carbocycles. The van der Waals surface area contributed by atoms with Crippen molar-refractivity contribution >= 4 is 32.8 Å². The van der Waals surface area contributed by atoms with E-state index in [1.54, 1.807) is 30.3 Å². The zero-order valence-electron chi connectivity index (χ0n) is 17.8. The molecule has 3 N–H and O–H groups in total. The number of nitrogens with one attached hydrogen (secondary N) is 1. The molecule has 0 atom stereocenters. The molecule has 0 bridgehead atoms. The van der Waals surface area contributed by atoms with Crippen LogP contribution in [0.15, 0.2) is 48.7 Å². The van der Waals surface area contributed by atoms with E-state index in [9.17, 15) is 26.5 Å². The first-order chi connectivity index (χ1) is 16.0. The topological polar surface area (TPSA) is 122 Å². The van der Waals surface area contributed by atoms with Crippen molar-refractivity contribution in [3.05, 3.63) is 54.2 Å². The van der Waals surface area contributed by atoms with Gasteiger partial charge in [-0.15, -0.1) is 0 Å². The Morgan fingerprint density at radius 2 is 1.91 bits per heavy atom. The molecule has 180 valence electrons. The first-order valence-corrected chi connectivity index (χ1v) is 11.8. The molecule has 1 aliphatic heterocycles. The van der Waals surface area contributed by atoms with Crippen LogP contribution in [0, 0.1) is 0 Å². The van der Waals surface area contributed by atoms with Crippen LogP contribution in [0.25, 0.3) is 22.2 Å². The number of nitrogens with two attached hydrogens (primary N) is 1. The molecule has 4 rings (SSSR count). The number of nitrogens with zero attached hydrogens (tertiary/aromatic N) is 4. The highest BCUT2D eigenvalue weighted by molar-refractivity contribution is 7.90. The zero-order chi connectivity index (χ0) is 24.5. The monoisotopic (exact) mass is 494 g/mol. The van der Waals surface area contributed by atoms with E-state index in [0.717, 1.165) is 12.3 Å². The number of pyridine rings is 2. The number of anilines is 1. The molecule has 1 amide bonds. The lowest BCUT2D eigenvalue weighted by Gasteiger charge is -2.22. The summed E-state index contributed by atoms with van der Waals surface area (Å²) in [5, 5.41) is 6.91. The lowest BCUT2D eigenvalue weighted by Crippen LogP contribution is -2.43. The Kier molecular flexibility index (Phi) is 6.43. The van der Waals surface area contributed by atoms with Gasteiger partial charge in [-0.3, -0.25) is 10.2 Å². The van der Waals surface area contributed by atoms with Crippen molar-refractivity contribution in [3.63, 3.8) is 0 Å². The van der Waals surface area contributed by atoms with E-state index >= 15 is 0 Å². The number of fused-ring (bicyclic) bond motifs is 1. The normalized spacial score (nSPS) is 16.7. The molecule has 1 fully saturated rings. The highest BCUT2D eigenvalue weighted by Crippen LogP contribution is 2.30. The Morgan fingerprint density at radius 3 is 2.68 bits per heavy atom. The summed E-state index contributed by atoms with van der Waals surface area (Å²) in [6.45, 7) is 0.224. The van der Waals surface area contributed by atoms with Crippen molar-refractivity contribution in [2.75, 3.05) is 17.6 Å². The van der Waals surface area contributed by atoms with Gasteiger partial charge in [0.25, 0.3) is 5.91 Å². The van der Waals surface area contributed by atoms with Crippen LogP contribution >= 0.6 is 0 Å². The molecule has 0 radical (unpaired) electrons. The number of aromatic nitrogens is 2. The SMILES string of the molecule is NS(=O)(=O)N(F)c1cc(-c2nc3ccccc3cc2C(=O)NN2CCCC(F)(F)CC2)ccn1. The number of amides is 1. The standard InChI is InChI=1S/C21H21F3N6O3S/c22-21(23)7-3-10-29(11-8-21)28-20(31)16-12-14-4-1-2-5-17(14)27-19(16)15-6-9-26-18(13-15)30(24)34(25,32)33/h1-2,4-6,9,12-13H,3,7-8,10-11H2,(H,28,31)(H2,25,32,33). The number of alkyl halides is 2. The number of hydrogen-bond donors (Lipinski definition) is 2. The molecule has 0 aliphatic carbocycles. The third-order valence-electron chi connectivity index (χ3n) is 5.37. The summed E-state index contributed by atoms with van der Waals surface area (Å²) in [6, 6.07) is 11.1. The third kappa shape index (κ3) is 5.26. The van der Waals surface area contributed by atoms with Gasteiger partial charge in [-0.25, -0.2) is 28.9 Å². The third-order valence-corrected chi connectivity index (χ3v) is 6.00. The minimum absolute atomic E-state index is 0.0281. The van der Waals surface area contributed by atoms with Gasteiger partial charge in [0.15, 0.2) is 5.82 Å². The van der Waals surface area contributed by atoms with E-state index in [2.05, 4.69) is 15.4 Å². The van der Waals surface area contributed by atoms with Crippen molar-refractivity contribution in [2.24, 2.45) is 5.14 Å². The van der Waals surface area contributed by atoms with Crippen LogP contribution in [0.5, 0.6) is 0 Å². The fourth-order valence-corrected chi connectivity index (χ4v) is 4.04. The van der Waals surface area contributed by atoms with E-state index in [4.69, 9.17) is 5.14 Å². The highest BCUT2D eigenvalue weighted by atomic mass is 32.2. The molecule has 13 heteroatoms. The zero-order valence-corrected chi connectivity index (χ0v) is 18.6. The van der Waals surface area contributed by atoms with Crippen LogP contribution < -0.4 is 15.1 Å². The van der Waals surface area contributed by atoms with E-state index in [1.807, 2.05) is 0 Å². The molecule has 3 aromatic rings. The van der Waals surface area contributed by atoms with Gasteiger partial charge in [0.1, 0.15) is 0 Å². The van der Waals surface area contributed by atoms with Crippen molar-refractivity contribution < 1.29 is 26.5 Å². The Hall–Kier alpha value is -3.29. The summed E-state index contributed by atoms with van der Waals surface area (Å²) >= 11 is 0. The van der Waals surface area contributed by atoms with Gasteiger partial charge in [0.2, 0.25) is 5.92 Å². The molecular formula is C21H21F3N6O3S. The molecule has 9 nitrogen and oxygen atoms in total. The summed E-state index contributed by atoms with van der Waals surface area (Å²) < 4.78 is 63.6. The van der Waals surface area contributed by atoms with Crippen molar-refractivity contribution in [3.8, 4) is 11.3 Å². The molecule has 1 saturated heterocycles. The molecule has 1 aliphatic rings. The molecule has 3 heterocycles. The number of halogens is 3. The maximum atomic E-state index is 14.2. The smallest absolute Gasteiger partial charge is 0.285 e. The number of para-hydroxylation sites is 1. The van der Waals surface area contributed by atoms with Gasteiger partial charge in [0.05, 0.1) is 16.8 Å². The van der Waals surface area contributed by atoms with Gasteiger partial charge in [-0.1, -0.05) is 27.2 Å². The second-order valence-corrected chi connectivity index (χ2v) is 9.23. The Morgan fingerprint density at radius 1 is 1.15 bits per heavy atom. The van der Waals surface area contributed by atoms with E-state index in [0.29, 0.717) is 10.9 Å². The fraction of sp³-hybridized carbons (Fsp3) is 0.286. The number of benzene rings is 1. The molecule has 0 spiro atoms. The first kappa shape index (κ1) is 23.9. The second-order valence-electron chi connectivity index (χ2n) is 7.88. The lowest BCUT2D eigenvalue weighted by molar-refractivity contribution is -0.0143. The first-order valence-electron chi connectivity index (χ1n) is 10.3. The average Bonchev–Trinajstić information content (AvgIpc) is 2.97. The van der Waals surface area contributed by atoms with Crippen LogP contribution in [0.4, 0.5) is 19.1 Å². The predicted octanol–water partition coefficient (Wildman–Crippen LogP) is 2.96. The second kappa shape index (κ2) is 9.16. The summed E-state index contributed by atoms with van der Waals surface area (Å²) in [6.07, 6.45) is 0.719. The van der Waals surface area contributed by atoms with Gasteiger partial charge in [-0.2, -0.15) is 8.42 Å². The molecule has 0 unspecified atom stereocenters. The maximum absolute atomic E-state index is 14.2. The van der Waals surface area contributed by atoms with E-state index in [1.165, 1.54) is 11.1 Å². The van der Waals surface area contributed by atoms with Gasteiger partial charge >= 0.3 is 10.2 Å². The Balaban J connectivity index is 1.73. The van der Waals surface area contributed by atoms with Crippen LogP contribution in [-0.4, -0.2) is 48.3 Å². The largest absolute Gasteiger partial charge is 0.327 e. The summed E-state index contributed by atoms with van der Waals surface area (Å²) in [5.74, 6) is -4.00. The molecule has 2 aromatic heterocycles. The van der Waals surface area contributed by atoms with Crippen molar-refractivity contribution in [2.45, 2.75) is 25.2 Å². The van der Waals surface area contributed by atoms with Gasteiger partial charge in [0, 0.05) is 43.1 Å². The minimum atomic E-state index is -4.71. The van der Waals surface area contributed by atoms with Gasteiger partial charge < -0.3 is 0 Å². The van der Waals surface area contributed by atoms with Crippen molar-refractivity contribution in [1.82, 2.24) is 20.4 Å². The van der Waals surface area contributed by atoms with Gasteiger partial charge in [-0.05, 0) is 30.7 Å². The number of carbonyl (C=O) groups is 1. The van der Waals surface area contributed by atoms with Crippen LogP contribution in [0.3, 0.4) is 0 Å². The molecule has 0 saturated carbocycles. The average molecular weight is 494 g/mol. The van der Waals surface area contributed by atoms with E-state index in [-0.39, 0.29) is 49.2 Å². The quantitative estimate of drug-likeness (QED) is 0.526. The van der Waals surface area contributed by atoms with Crippen LogP contribution in [0.1, 0.15) is 29.6 Å². The number of rotatable bonds is 5. The van der Waals surface area contributed by atoms with Crippen molar-refractivity contribution in [1.29, 1.82) is 0 Å². The van der Waals surface area contributed by atoms with E-state index < -0.39 is 32.4 Å². The highest BCUT2D eigenvalue weighted by Gasteiger charge is 2.32. The minimum Gasteiger partial charge on any atom is -0.285 e. The predicted molar refractivity (Wildman–Crippen MR) is 120 cm³/mol. The Bertz CT molecular complexity index is 1340. The van der Waals surface area contributed by atoms with Crippen LogP contribution in [0.2, 0.25) is 0 Å². The summed E-state index contributed by atoms with van der Waals surface area (Å²) in [4.78, 5) is 21.4. The van der Waals surface area contributed by atoms with Crippen LogP contribution in [-0.2, 0) is 10.2 Å². The maximum Gasteiger partial charge on any atom is 0.327 e. The summed E-state index contributed by atoms with van der Waals surface area (Å²) in [5.41, 5.74) is 3.61. The fourth-order valence-electron chi connectivity index (χ4n) is 3.68. The number of hydrogen-bond acceptors (Lipinski definition) is 6. The summed E-state index contributed by atoms with van der Waals surface area (Å²) in [7, 11) is -4.71. The number of hydrazine groups is 1. The number of carbonyl (C=O) groups excluding carboxylic acids is 1. The molecule has 34 heavy (non-hydrogen) atoms. The molecular weight excluding hydrogens is 473 g/mol. The Labute approximate surface area is 193 Å².